The maximum atomic E-state index is 13.0. The van der Waals surface area contributed by atoms with Gasteiger partial charge in [-0.1, -0.05) is 30.7 Å². The number of amides is 3. The van der Waals surface area contributed by atoms with E-state index in [1.54, 1.807) is 42.5 Å². The summed E-state index contributed by atoms with van der Waals surface area (Å²) in [5.74, 6) is -1.78. The summed E-state index contributed by atoms with van der Waals surface area (Å²) < 4.78 is 10.9. The number of nitrogens with zero attached hydrogens (tertiary/aromatic N) is 2. The molecule has 2 aromatic carbocycles. The van der Waals surface area contributed by atoms with Crippen molar-refractivity contribution in [3.05, 3.63) is 59.6 Å². The minimum absolute atomic E-state index is 0.00162. The van der Waals surface area contributed by atoms with Gasteiger partial charge in [0.1, 0.15) is 11.5 Å². The van der Waals surface area contributed by atoms with Gasteiger partial charge in [-0.25, -0.2) is 0 Å². The number of carbonyl (C=O) groups excluding carboxylic acids is 4. The van der Waals surface area contributed by atoms with Gasteiger partial charge in [-0.3, -0.25) is 24.1 Å². The Bertz CT molecular complexity index is 1270. The van der Waals surface area contributed by atoms with E-state index in [2.05, 4.69) is 0 Å². The molecule has 186 valence electrons. The van der Waals surface area contributed by atoms with Crippen LogP contribution in [0.3, 0.4) is 0 Å². The van der Waals surface area contributed by atoms with Crippen LogP contribution in [0.2, 0.25) is 5.02 Å². The van der Waals surface area contributed by atoms with Crippen LogP contribution in [-0.2, 0) is 19.2 Å². The Morgan fingerprint density at radius 3 is 2.50 bits per heavy atom. The number of halogens is 1. The lowest BCUT2D eigenvalue weighted by molar-refractivity contribution is -0.139. The molecule has 0 spiro atoms. The molecule has 0 N–H and O–H groups in total. The van der Waals surface area contributed by atoms with Crippen molar-refractivity contribution in [2.75, 3.05) is 23.5 Å². The van der Waals surface area contributed by atoms with Crippen LogP contribution in [0.25, 0.3) is 0 Å². The Morgan fingerprint density at radius 2 is 1.81 bits per heavy atom. The molecule has 36 heavy (non-hydrogen) atoms. The van der Waals surface area contributed by atoms with Crippen molar-refractivity contribution in [3.8, 4) is 11.5 Å². The highest BCUT2D eigenvalue weighted by molar-refractivity contribution is 6.31. The molecule has 0 aromatic heterocycles. The van der Waals surface area contributed by atoms with Gasteiger partial charge in [-0.05, 0) is 54.8 Å². The van der Waals surface area contributed by atoms with Crippen molar-refractivity contribution in [2.24, 2.45) is 23.7 Å². The number of esters is 1. The van der Waals surface area contributed by atoms with E-state index in [1.165, 1.54) is 16.9 Å². The first-order valence-electron chi connectivity index (χ1n) is 11.8. The molecule has 2 aromatic rings. The highest BCUT2D eigenvalue weighted by Crippen LogP contribution is 2.41. The molecule has 2 heterocycles. The Labute approximate surface area is 213 Å². The highest BCUT2D eigenvalue weighted by Gasteiger charge is 2.50. The second kappa shape index (κ2) is 9.43. The van der Waals surface area contributed by atoms with E-state index < -0.39 is 11.9 Å². The Kier molecular flexibility index (Phi) is 6.30. The lowest BCUT2D eigenvalue weighted by atomic mass is 9.78. The van der Waals surface area contributed by atoms with Gasteiger partial charge in [-0.2, -0.15) is 0 Å². The summed E-state index contributed by atoms with van der Waals surface area (Å²) >= 11 is 6.09. The van der Waals surface area contributed by atoms with Crippen molar-refractivity contribution >= 4 is 46.7 Å². The van der Waals surface area contributed by atoms with E-state index in [4.69, 9.17) is 21.1 Å². The quantitative estimate of drug-likeness (QED) is 0.262. The zero-order valence-corrected chi connectivity index (χ0v) is 20.6. The SMILES string of the molecule is COc1ccc(Cl)cc1N1C[C@H](C(=O)Oc2ccc(N3C(=O)[C@@H]4[C@@H](C)C=CC[C@H]4C3=O)cc2)CC1=O. The molecule has 5 rings (SSSR count). The van der Waals surface area contributed by atoms with E-state index in [1.807, 2.05) is 19.1 Å². The zero-order valence-electron chi connectivity index (χ0n) is 19.8. The zero-order chi connectivity index (χ0) is 25.6. The molecule has 0 radical (unpaired) electrons. The summed E-state index contributed by atoms with van der Waals surface area (Å²) in [6, 6.07) is 11.2. The van der Waals surface area contributed by atoms with Crippen LogP contribution >= 0.6 is 11.6 Å². The van der Waals surface area contributed by atoms with Crippen molar-refractivity contribution in [2.45, 2.75) is 19.8 Å². The topological polar surface area (TPSA) is 93.2 Å². The van der Waals surface area contributed by atoms with Crippen LogP contribution in [0.4, 0.5) is 11.4 Å². The number of imide groups is 1. The fourth-order valence-electron chi connectivity index (χ4n) is 5.24. The molecule has 0 saturated carbocycles. The summed E-state index contributed by atoms with van der Waals surface area (Å²) in [5.41, 5.74) is 0.946. The van der Waals surface area contributed by atoms with Gasteiger partial charge in [0.2, 0.25) is 17.7 Å². The third kappa shape index (κ3) is 4.15. The molecular formula is C27H25ClN2O6. The highest BCUT2D eigenvalue weighted by atomic mass is 35.5. The van der Waals surface area contributed by atoms with E-state index in [9.17, 15) is 19.2 Å². The Morgan fingerprint density at radius 1 is 1.06 bits per heavy atom. The normalized spacial score (nSPS) is 25.4. The smallest absolute Gasteiger partial charge is 0.316 e. The number of anilines is 2. The van der Waals surface area contributed by atoms with E-state index in [0.717, 1.165) is 0 Å². The predicted molar refractivity (Wildman–Crippen MR) is 133 cm³/mol. The van der Waals surface area contributed by atoms with Gasteiger partial charge in [0, 0.05) is 18.0 Å². The lowest BCUT2D eigenvalue weighted by Crippen LogP contribution is -2.31. The minimum atomic E-state index is -0.667. The van der Waals surface area contributed by atoms with Gasteiger partial charge >= 0.3 is 5.97 Å². The molecular weight excluding hydrogens is 484 g/mol. The molecule has 2 aliphatic heterocycles. The average molecular weight is 509 g/mol. The van der Waals surface area contributed by atoms with Crippen LogP contribution in [0.15, 0.2) is 54.6 Å². The van der Waals surface area contributed by atoms with Crippen LogP contribution in [0, 0.1) is 23.7 Å². The average Bonchev–Trinajstić information content (AvgIpc) is 3.37. The van der Waals surface area contributed by atoms with Gasteiger partial charge in [-0.15, -0.1) is 0 Å². The lowest BCUT2D eigenvalue weighted by Gasteiger charge is -2.22. The number of rotatable bonds is 5. The first kappa shape index (κ1) is 24.1. The predicted octanol–water partition coefficient (Wildman–Crippen LogP) is 4.01. The summed E-state index contributed by atoms with van der Waals surface area (Å²) in [6.45, 7) is 2.08. The number of methoxy groups -OCH3 is 1. The summed E-state index contributed by atoms with van der Waals surface area (Å²) in [4.78, 5) is 54.1. The fourth-order valence-corrected chi connectivity index (χ4v) is 5.40. The molecule has 0 unspecified atom stereocenters. The van der Waals surface area contributed by atoms with Crippen LogP contribution < -0.4 is 19.3 Å². The standard InChI is InChI=1S/C27H25ClN2O6/c1-15-4-3-5-20-24(15)26(33)30(25(20)32)18-7-9-19(10-8-18)36-27(34)16-12-23(31)29(14-16)21-13-17(28)6-11-22(21)35-2/h3-4,6-11,13,15-16,20,24H,5,12,14H2,1-2H3/t15-,16+,20+,24+/m0/s1. The molecule has 3 amide bonds. The maximum Gasteiger partial charge on any atom is 0.316 e. The molecule has 0 bridgehead atoms. The van der Waals surface area contributed by atoms with Gasteiger partial charge in [0.25, 0.3) is 0 Å². The summed E-state index contributed by atoms with van der Waals surface area (Å²) in [7, 11) is 1.50. The number of allylic oxidation sites excluding steroid dienone is 2. The molecule has 2 saturated heterocycles. The Balaban J connectivity index is 1.26. The first-order chi connectivity index (χ1) is 17.3. The second-order valence-corrected chi connectivity index (χ2v) is 9.74. The van der Waals surface area contributed by atoms with Crippen LogP contribution in [0.5, 0.6) is 11.5 Å². The molecule has 3 aliphatic rings. The van der Waals surface area contributed by atoms with E-state index in [0.29, 0.717) is 28.6 Å². The van der Waals surface area contributed by atoms with Crippen LogP contribution in [0.1, 0.15) is 19.8 Å². The number of hydrogen-bond donors (Lipinski definition) is 0. The van der Waals surface area contributed by atoms with Gasteiger partial charge in [0.15, 0.2) is 0 Å². The molecule has 9 heteroatoms. The fraction of sp³-hybridized carbons (Fsp3) is 0.333. The number of ether oxygens (including phenoxy) is 2. The van der Waals surface area contributed by atoms with E-state index in [-0.39, 0.29) is 54.2 Å². The van der Waals surface area contributed by atoms with Crippen molar-refractivity contribution in [1.29, 1.82) is 0 Å². The number of carbonyl (C=O) groups is 4. The van der Waals surface area contributed by atoms with E-state index >= 15 is 0 Å². The molecule has 8 nitrogen and oxygen atoms in total. The summed E-state index contributed by atoms with van der Waals surface area (Å²) in [5, 5.41) is 0.449. The summed E-state index contributed by atoms with van der Waals surface area (Å²) in [6.07, 6.45) is 4.50. The second-order valence-electron chi connectivity index (χ2n) is 9.30. The van der Waals surface area contributed by atoms with Gasteiger partial charge in [0.05, 0.1) is 36.2 Å². The largest absolute Gasteiger partial charge is 0.495 e. The van der Waals surface area contributed by atoms with Crippen molar-refractivity contribution < 1.29 is 28.7 Å². The third-order valence-corrected chi connectivity index (χ3v) is 7.31. The van der Waals surface area contributed by atoms with Crippen molar-refractivity contribution in [3.63, 3.8) is 0 Å². The molecule has 2 fully saturated rings. The maximum absolute atomic E-state index is 13.0. The number of fused-ring (bicyclic) bond motifs is 1. The van der Waals surface area contributed by atoms with Gasteiger partial charge < -0.3 is 14.4 Å². The number of hydrogen-bond acceptors (Lipinski definition) is 6. The number of benzene rings is 2. The monoisotopic (exact) mass is 508 g/mol. The first-order valence-corrected chi connectivity index (χ1v) is 12.2. The molecule has 4 atom stereocenters. The third-order valence-electron chi connectivity index (χ3n) is 7.08. The van der Waals surface area contributed by atoms with Crippen molar-refractivity contribution in [1.82, 2.24) is 0 Å². The minimum Gasteiger partial charge on any atom is -0.495 e. The Hall–Kier alpha value is -3.65. The molecule has 1 aliphatic carbocycles. The van der Waals surface area contributed by atoms with Crippen LogP contribution in [-0.4, -0.2) is 37.3 Å².